The van der Waals surface area contributed by atoms with Gasteiger partial charge >= 0.3 is 12.3 Å². The zero-order chi connectivity index (χ0) is 17.9. The molecule has 2 aromatic rings. The first-order valence-electron chi connectivity index (χ1n) is 6.49. The van der Waals surface area contributed by atoms with Crippen molar-refractivity contribution in [3.05, 3.63) is 53.3 Å². The molecule has 0 spiro atoms. The Morgan fingerprint density at radius 1 is 1.21 bits per heavy atom. The van der Waals surface area contributed by atoms with Crippen molar-refractivity contribution in [2.75, 3.05) is 12.4 Å². The molecule has 6 nitrogen and oxygen atoms in total. The number of para-hydroxylation sites is 1. The molecule has 0 aliphatic rings. The molecule has 1 aromatic carbocycles. The molecule has 0 unspecified atom stereocenters. The lowest BCUT2D eigenvalue weighted by Gasteiger charge is -2.12. The number of hydrogen-bond acceptors (Lipinski definition) is 4. The van der Waals surface area contributed by atoms with Crippen LogP contribution in [0.3, 0.4) is 0 Å². The molecule has 1 heterocycles. The third-order valence-corrected chi connectivity index (χ3v) is 3.05. The lowest BCUT2D eigenvalue weighted by molar-refractivity contribution is -0.137. The molecule has 2 N–H and O–H groups in total. The average molecular weight is 340 g/mol. The fourth-order valence-electron chi connectivity index (χ4n) is 1.96. The number of hydrogen-bond donors (Lipinski definition) is 2. The van der Waals surface area contributed by atoms with Crippen LogP contribution in [0.5, 0.6) is 5.75 Å². The van der Waals surface area contributed by atoms with Crippen molar-refractivity contribution < 1.29 is 32.6 Å². The van der Waals surface area contributed by atoms with Crippen molar-refractivity contribution in [3.63, 3.8) is 0 Å². The Kier molecular flexibility index (Phi) is 4.72. The van der Waals surface area contributed by atoms with Gasteiger partial charge in [-0.2, -0.15) is 13.2 Å². The van der Waals surface area contributed by atoms with E-state index in [0.29, 0.717) is 6.20 Å². The summed E-state index contributed by atoms with van der Waals surface area (Å²) in [5.74, 6) is -0.651. The van der Waals surface area contributed by atoms with Crippen LogP contribution in [0.15, 0.2) is 36.5 Å². The first-order valence-corrected chi connectivity index (χ1v) is 6.49. The topological polar surface area (TPSA) is 88.5 Å². The Bertz CT molecular complexity index is 773. The Balaban J connectivity index is 2.44. The Morgan fingerprint density at radius 2 is 1.92 bits per heavy atom. The van der Waals surface area contributed by atoms with Gasteiger partial charge in [-0.1, -0.05) is 6.07 Å². The van der Waals surface area contributed by atoms with Crippen LogP contribution in [0.2, 0.25) is 0 Å². The van der Waals surface area contributed by atoms with E-state index in [0.717, 1.165) is 12.1 Å². The normalized spacial score (nSPS) is 11.0. The number of carboxylic acid groups (broad SMARTS) is 1. The molecule has 2 rings (SSSR count). The first kappa shape index (κ1) is 17.3. The molecule has 126 valence electrons. The fraction of sp³-hybridized carbons (Fsp3) is 0.133. The summed E-state index contributed by atoms with van der Waals surface area (Å²) in [5, 5.41) is 10.9. The maximum atomic E-state index is 12.5. The van der Waals surface area contributed by atoms with E-state index < -0.39 is 23.6 Å². The predicted octanol–water partition coefficient (Wildman–Crippen LogP) is 3.43. The molecule has 0 fully saturated rings. The highest BCUT2D eigenvalue weighted by Gasteiger charge is 2.31. The van der Waals surface area contributed by atoms with Gasteiger partial charge in [-0.05, 0) is 24.3 Å². The SMILES string of the molecule is COc1cccc(C(=O)c2ccc(C(F)(F)F)cn2)c1NC(=O)O. The van der Waals surface area contributed by atoms with E-state index in [-0.39, 0.29) is 22.7 Å². The highest BCUT2D eigenvalue weighted by Crippen LogP contribution is 2.31. The molecule has 0 aliphatic carbocycles. The molecule has 1 aromatic heterocycles. The largest absolute Gasteiger partial charge is 0.495 e. The Morgan fingerprint density at radius 3 is 2.42 bits per heavy atom. The number of carbonyl (C=O) groups excluding carboxylic acids is 1. The monoisotopic (exact) mass is 340 g/mol. The number of halogens is 3. The average Bonchev–Trinajstić information content (AvgIpc) is 2.53. The zero-order valence-electron chi connectivity index (χ0n) is 12.2. The van der Waals surface area contributed by atoms with Gasteiger partial charge in [0.15, 0.2) is 0 Å². The van der Waals surface area contributed by atoms with Crippen LogP contribution < -0.4 is 10.1 Å². The van der Waals surface area contributed by atoms with Crippen LogP contribution in [0.4, 0.5) is 23.7 Å². The van der Waals surface area contributed by atoms with Gasteiger partial charge in [0.25, 0.3) is 0 Å². The summed E-state index contributed by atoms with van der Waals surface area (Å²) in [6, 6.07) is 5.85. The summed E-state index contributed by atoms with van der Waals surface area (Å²) < 4.78 is 42.6. The number of amides is 1. The number of alkyl halides is 3. The maximum absolute atomic E-state index is 12.5. The van der Waals surface area contributed by atoms with E-state index in [2.05, 4.69) is 4.98 Å². The molecule has 0 bridgehead atoms. The number of rotatable bonds is 4. The minimum atomic E-state index is -4.57. The number of benzene rings is 1. The summed E-state index contributed by atoms with van der Waals surface area (Å²) in [7, 11) is 1.28. The Hall–Kier alpha value is -3.10. The Labute approximate surface area is 133 Å². The predicted molar refractivity (Wildman–Crippen MR) is 77.3 cm³/mol. The lowest BCUT2D eigenvalue weighted by Crippen LogP contribution is -2.15. The molecule has 0 aliphatic heterocycles. The zero-order valence-corrected chi connectivity index (χ0v) is 12.2. The number of anilines is 1. The van der Waals surface area contributed by atoms with E-state index in [9.17, 15) is 22.8 Å². The van der Waals surface area contributed by atoms with Crippen LogP contribution in [0.1, 0.15) is 21.6 Å². The highest BCUT2D eigenvalue weighted by atomic mass is 19.4. The molecule has 0 radical (unpaired) electrons. The van der Waals surface area contributed by atoms with Crippen molar-refractivity contribution in [2.45, 2.75) is 6.18 Å². The van der Waals surface area contributed by atoms with Crippen molar-refractivity contribution in [3.8, 4) is 5.75 Å². The van der Waals surface area contributed by atoms with Gasteiger partial charge in [0.2, 0.25) is 5.78 Å². The van der Waals surface area contributed by atoms with Crippen molar-refractivity contribution in [2.24, 2.45) is 0 Å². The van der Waals surface area contributed by atoms with E-state index in [1.54, 1.807) is 0 Å². The number of methoxy groups -OCH3 is 1. The van der Waals surface area contributed by atoms with Crippen molar-refractivity contribution in [1.29, 1.82) is 0 Å². The molecule has 9 heteroatoms. The number of aromatic nitrogens is 1. The first-order chi connectivity index (χ1) is 11.2. The van der Waals surface area contributed by atoms with Crippen LogP contribution in [-0.2, 0) is 6.18 Å². The second-order valence-corrected chi connectivity index (χ2v) is 4.57. The van der Waals surface area contributed by atoms with Crippen LogP contribution in [-0.4, -0.2) is 29.1 Å². The van der Waals surface area contributed by atoms with Crippen LogP contribution >= 0.6 is 0 Å². The quantitative estimate of drug-likeness (QED) is 0.833. The fourth-order valence-corrected chi connectivity index (χ4v) is 1.96. The lowest BCUT2D eigenvalue weighted by atomic mass is 10.0. The van der Waals surface area contributed by atoms with Gasteiger partial charge in [-0.25, -0.2) is 4.79 Å². The molecular formula is C15H11F3N2O4. The summed E-state index contributed by atoms with van der Waals surface area (Å²) in [5.41, 5.74) is -1.46. The van der Waals surface area contributed by atoms with Crippen LogP contribution in [0, 0.1) is 0 Å². The van der Waals surface area contributed by atoms with Crippen LogP contribution in [0.25, 0.3) is 0 Å². The van der Waals surface area contributed by atoms with E-state index >= 15 is 0 Å². The van der Waals surface area contributed by atoms with Gasteiger partial charge in [0.05, 0.1) is 23.9 Å². The molecule has 0 saturated heterocycles. The minimum Gasteiger partial charge on any atom is -0.495 e. The summed E-state index contributed by atoms with van der Waals surface area (Å²) in [6.07, 6.45) is -5.45. The second-order valence-electron chi connectivity index (χ2n) is 4.57. The van der Waals surface area contributed by atoms with Gasteiger partial charge < -0.3 is 9.84 Å². The van der Waals surface area contributed by atoms with E-state index in [1.807, 2.05) is 5.32 Å². The summed E-state index contributed by atoms with van der Waals surface area (Å²) in [6.45, 7) is 0. The molecule has 24 heavy (non-hydrogen) atoms. The summed E-state index contributed by atoms with van der Waals surface area (Å²) >= 11 is 0. The van der Waals surface area contributed by atoms with Gasteiger partial charge in [-0.3, -0.25) is 15.1 Å². The number of ketones is 1. The third-order valence-electron chi connectivity index (χ3n) is 3.05. The minimum absolute atomic E-state index is 0.0927. The second kappa shape index (κ2) is 6.57. The van der Waals surface area contributed by atoms with E-state index in [1.165, 1.54) is 25.3 Å². The number of pyridine rings is 1. The van der Waals surface area contributed by atoms with Gasteiger partial charge in [0, 0.05) is 6.20 Å². The molecule has 0 saturated carbocycles. The number of nitrogens with zero attached hydrogens (tertiary/aromatic N) is 1. The smallest absolute Gasteiger partial charge is 0.417 e. The third kappa shape index (κ3) is 3.62. The molecule has 1 amide bonds. The van der Waals surface area contributed by atoms with E-state index in [4.69, 9.17) is 9.84 Å². The molecule has 0 atom stereocenters. The van der Waals surface area contributed by atoms with Crippen molar-refractivity contribution in [1.82, 2.24) is 4.98 Å². The number of carbonyl (C=O) groups is 2. The standard InChI is InChI=1S/C15H11F3N2O4/c1-24-11-4-2-3-9(12(11)20-14(22)23)13(21)10-6-5-8(7-19-10)15(16,17)18/h2-7,20H,1H3,(H,22,23). The number of ether oxygens (including phenoxy) is 1. The summed E-state index contributed by atoms with van der Waals surface area (Å²) in [4.78, 5) is 26.8. The molecular weight excluding hydrogens is 329 g/mol. The van der Waals surface area contributed by atoms with Gasteiger partial charge in [0.1, 0.15) is 11.4 Å². The maximum Gasteiger partial charge on any atom is 0.417 e. The highest BCUT2D eigenvalue weighted by molar-refractivity contribution is 6.13. The van der Waals surface area contributed by atoms with Crippen molar-refractivity contribution >= 4 is 17.6 Å². The number of nitrogens with one attached hydrogen (secondary N) is 1. The van der Waals surface area contributed by atoms with Gasteiger partial charge in [-0.15, -0.1) is 0 Å².